The monoisotopic (exact) mass is 410 g/mol. The molecule has 0 unspecified atom stereocenters. The van der Waals surface area contributed by atoms with Gasteiger partial charge in [-0.15, -0.1) is 0 Å². The highest BCUT2D eigenvalue weighted by molar-refractivity contribution is 6.03. The first-order valence-corrected chi connectivity index (χ1v) is 8.46. The second-order valence-electron chi connectivity index (χ2n) is 5.80. The average molecular weight is 410 g/mol. The van der Waals surface area contributed by atoms with Crippen LogP contribution in [0, 0.1) is 0 Å². The normalized spacial score (nSPS) is 11.2. The van der Waals surface area contributed by atoms with Crippen LogP contribution in [0.2, 0.25) is 0 Å². The Bertz CT molecular complexity index is 857. The van der Waals surface area contributed by atoms with Crippen LogP contribution in [0.15, 0.2) is 42.5 Å². The van der Waals surface area contributed by atoms with E-state index >= 15 is 0 Å². The Morgan fingerprint density at radius 3 is 2.10 bits per heavy atom. The van der Waals surface area contributed by atoms with Crippen molar-refractivity contribution in [2.24, 2.45) is 0 Å². The number of ether oxygens (including phenoxy) is 3. The molecule has 0 saturated carbocycles. The molecule has 156 valence electrons. The molecular formula is C20H21F3N2O4. The van der Waals surface area contributed by atoms with Crippen LogP contribution in [0.25, 0.3) is 6.08 Å². The van der Waals surface area contributed by atoms with Gasteiger partial charge in [-0.25, -0.2) is 0 Å². The van der Waals surface area contributed by atoms with Crippen molar-refractivity contribution in [1.82, 2.24) is 0 Å². The number of rotatable bonds is 8. The molecule has 2 aromatic carbocycles. The standard InChI is InChI=1S/C20H21F3N2O4/c1-27-16-10-13(11-17(28-2)19(16)29-3)8-9-18(26)25-15-7-5-4-6-14(15)24-12-20(21,22)23/h4-11,24H,12H2,1-3H3,(H,25,26)/b9-8+. The predicted octanol–water partition coefficient (Wildman–Crippen LogP) is 4.34. The second-order valence-corrected chi connectivity index (χ2v) is 5.80. The largest absolute Gasteiger partial charge is 0.493 e. The molecule has 0 spiro atoms. The highest BCUT2D eigenvalue weighted by Crippen LogP contribution is 2.38. The van der Waals surface area contributed by atoms with Crippen LogP contribution in [-0.2, 0) is 4.79 Å². The second kappa shape index (κ2) is 9.72. The van der Waals surface area contributed by atoms with E-state index in [1.165, 1.54) is 45.6 Å². The molecule has 0 saturated heterocycles. The molecule has 0 aliphatic heterocycles. The third-order valence-corrected chi connectivity index (χ3v) is 3.78. The maximum Gasteiger partial charge on any atom is 0.405 e. The number of methoxy groups -OCH3 is 3. The van der Waals surface area contributed by atoms with Crippen molar-refractivity contribution in [3.05, 3.63) is 48.0 Å². The minimum atomic E-state index is -4.37. The molecule has 2 aromatic rings. The van der Waals surface area contributed by atoms with Gasteiger partial charge in [0.25, 0.3) is 0 Å². The van der Waals surface area contributed by atoms with Crippen molar-refractivity contribution in [1.29, 1.82) is 0 Å². The van der Waals surface area contributed by atoms with E-state index in [-0.39, 0.29) is 11.4 Å². The fraction of sp³-hybridized carbons (Fsp3) is 0.250. The van der Waals surface area contributed by atoms with E-state index in [4.69, 9.17) is 14.2 Å². The quantitative estimate of drug-likeness (QED) is 0.634. The van der Waals surface area contributed by atoms with Crippen LogP contribution in [0.3, 0.4) is 0 Å². The van der Waals surface area contributed by atoms with Gasteiger partial charge in [-0.1, -0.05) is 12.1 Å². The maximum absolute atomic E-state index is 12.4. The van der Waals surface area contributed by atoms with Crippen molar-refractivity contribution in [3.8, 4) is 17.2 Å². The van der Waals surface area contributed by atoms with Crippen molar-refractivity contribution >= 4 is 23.4 Å². The van der Waals surface area contributed by atoms with Gasteiger partial charge in [0, 0.05) is 6.08 Å². The lowest BCUT2D eigenvalue weighted by Gasteiger charge is -2.14. The van der Waals surface area contributed by atoms with E-state index < -0.39 is 18.6 Å². The van der Waals surface area contributed by atoms with Crippen LogP contribution < -0.4 is 24.8 Å². The van der Waals surface area contributed by atoms with Gasteiger partial charge < -0.3 is 24.8 Å². The summed E-state index contributed by atoms with van der Waals surface area (Å²) in [5.74, 6) is 0.753. The fourth-order valence-corrected chi connectivity index (χ4v) is 2.49. The third-order valence-electron chi connectivity index (χ3n) is 3.78. The number of carbonyl (C=O) groups excluding carboxylic acids is 1. The lowest BCUT2D eigenvalue weighted by Crippen LogP contribution is -2.22. The molecule has 0 heterocycles. The Kier molecular flexibility index (Phi) is 7.35. The van der Waals surface area contributed by atoms with Crippen LogP contribution in [0.4, 0.5) is 24.5 Å². The molecule has 2 N–H and O–H groups in total. The third kappa shape index (κ3) is 6.34. The molecule has 0 radical (unpaired) electrons. The van der Waals surface area contributed by atoms with Gasteiger partial charge in [-0.3, -0.25) is 4.79 Å². The Morgan fingerprint density at radius 1 is 1.00 bits per heavy atom. The molecule has 0 fully saturated rings. The highest BCUT2D eigenvalue weighted by Gasteiger charge is 2.27. The molecule has 2 rings (SSSR count). The SMILES string of the molecule is COc1cc(/C=C/C(=O)Nc2ccccc2NCC(F)(F)F)cc(OC)c1OC. The Morgan fingerprint density at radius 2 is 1.59 bits per heavy atom. The first-order valence-electron chi connectivity index (χ1n) is 8.46. The lowest BCUT2D eigenvalue weighted by atomic mass is 10.1. The number of amides is 1. The number of benzene rings is 2. The Hall–Kier alpha value is -3.36. The zero-order valence-corrected chi connectivity index (χ0v) is 16.1. The topological polar surface area (TPSA) is 68.8 Å². The number of para-hydroxylation sites is 2. The van der Waals surface area contributed by atoms with Crippen LogP contribution in [0.1, 0.15) is 5.56 Å². The van der Waals surface area contributed by atoms with Crippen LogP contribution >= 0.6 is 0 Å². The summed E-state index contributed by atoms with van der Waals surface area (Å²) in [6.45, 7) is -1.21. The van der Waals surface area contributed by atoms with Crippen molar-refractivity contribution in [3.63, 3.8) is 0 Å². The maximum atomic E-state index is 12.4. The van der Waals surface area contributed by atoms with Gasteiger partial charge in [0.1, 0.15) is 6.54 Å². The summed E-state index contributed by atoms with van der Waals surface area (Å²) < 4.78 is 53.0. The lowest BCUT2D eigenvalue weighted by molar-refractivity contribution is -0.115. The van der Waals surface area contributed by atoms with Gasteiger partial charge in [0.05, 0.1) is 32.7 Å². The van der Waals surface area contributed by atoms with Crippen molar-refractivity contribution in [2.45, 2.75) is 6.18 Å². The van der Waals surface area contributed by atoms with E-state index in [1.54, 1.807) is 24.3 Å². The van der Waals surface area contributed by atoms with E-state index in [0.29, 0.717) is 22.8 Å². The molecule has 6 nitrogen and oxygen atoms in total. The summed E-state index contributed by atoms with van der Waals surface area (Å²) in [5.41, 5.74) is 1.01. The van der Waals surface area contributed by atoms with Crippen molar-refractivity contribution < 1.29 is 32.2 Å². The molecule has 0 aliphatic rings. The molecule has 0 bridgehead atoms. The highest BCUT2D eigenvalue weighted by atomic mass is 19.4. The summed E-state index contributed by atoms with van der Waals surface area (Å²) in [6.07, 6.45) is -1.60. The first kappa shape index (κ1) is 21.9. The zero-order valence-electron chi connectivity index (χ0n) is 16.1. The first-order chi connectivity index (χ1) is 13.8. The fourth-order valence-electron chi connectivity index (χ4n) is 2.49. The number of nitrogens with one attached hydrogen (secondary N) is 2. The van der Waals surface area contributed by atoms with Crippen LogP contribution in [-0.4, -0.2) is 40.0 Å². The summed E-state index contributed by atoms with van der Waals surface area (Å²) >= 11 is 0. The zero-order chi connectivity index (χ0) is 21.4. The number of alkyl halides is 3. The minimum Gasteiger partial charge on any atom is -0.493 e. The number of hydrogen-bond acceptors (Lipinski definition) is 5. The number of carbonyl (C=O) groups is 1. The average Bonchev–Trinajstić information content (AvgIpc) is 2.70. The summed E-state index contributed by atoms with van der Waals surface area (Å²) in [5, 5.41) is 4.82. The number of halogens is 3. The molecule has 0 aromatic heterocycles. The number of anilines is 2. The van der Waals surface area contributed by atoms with Gasteiger partial charge in [-0.2, -0.15) is 13.2 Å². The Balaban J connectivity index is 2.15. The van der Waals surface area contributed by atoms with Gasteiger partial charge in [-0.05, 0) is 35.9 Å². The molecule has 1 amide bonds. The van der Waals surface area contributed by atoms with E-state index in [1.807, 2.05) is 0 Å². The van der Waals surface area contributed by atoms with Gasteiger partial charge in [0.2, 0.25) is 11.7 Å². The molecule has 9 heteroatoms. The molecule has 0 atom stereocenters. The Labute approximate surface area is 166 Å². The van der Waals surface area contributed by atoms with Crippen molar-refractivity contribution in [2.75, 3.05) is 38.5 Å². The van der Waals surface area contributed by atoms with Gasteiger partial charge in [0.15, 0.2) is 11.5 Å². The molecule has 0 aliphatic carbocycles. The molecule has 29 heavy (non-hydrogen) atoms. The van der Waals surface area contributed by atoms with E-state index in [9.17, 15) is 18.0 Å². The summed E-state index contributed by atoms with van der Waals surface area (Å²) in [6, 6.07) is 9.44. The summed E-state index contributed by atoms with van der Waals surface area (Å²) in [7, 11) is 4.43. The van der Waals surface area contributed by atoms with Gasteiger partial charge >= 0.3 is 6.18 Å². The minimum absolute atomic E-state index is 0.166. The van der Waals surface area contributed by atoms with E-state index in [2.05, 4.69) is 10.6 Å². The smallest absolute Gasteiger partial charge is 0.405 e. The van der Waals surface area contributed by atoms with E-state index in [0.717, 1.165) is 0 Å². The predicted molar refractivity (Wildman–Crippen MR) is 105 cm³/mol. The number of hydrogen-bond donors (Lipinski definition) is 2. The summed E-state index contributed by atoms with van der Waals surface area (Å²) in [4.78, 5) is 12.2. The van der Waals surface area contributed by atoms with Crippen LogP contribution in [0.5, 0.6) is 17.2 Å². The molecular weight excluding hydrogens is 389 g/mol.